The number of carbonyl (C=O) groups is 1. The lowest BCUT2D eigenvalue weighted by Gasteiger charge is -2.47. The molecule has 0 aromatic carbocycles. The van der Waals surface area contributed by atoms with Crippen LogP contribution in [0, 0.1) is 5.92 Å². The minimum Gasteiger partial charge on any atom is -0.457 e. The third-order valence-electron chi connectivity index (χ3n) is 4.27. The lowest BCUT2D eigenvalue weighted by Crippen LogP contribution is -2.63. The van der Waals surface area contributed by atoms with E-state index in [1.54, 1.807) is 6.92 Å². The summed E-state index contributed by atoms with van der Waals surface area (Å²) >= 11 is 0. The molecule has 1 saturated heterocycles. The summed E-state index contributed by atoms with van der Waals surface area (Å²) in [5, 5.41) is -0.483. The maximum absolute atomic E-state index is 11.9. The average molecular weight is 270 g/mol. The van der Waals surface area contributed by atoms with Crippen LogP contribution in [0.4, 0.5) is 0 Å². The first-order valence-corrected chi connectivity index (χ1v) is 9.37. The molecule has 0 radical (unpaired) electrons. The molecule has 2 atom stereocenters. The average Bonchev–Trinajstić information content (AvgIpc) is 2.29. The van der Waals surface area contributed by atoms with Crippen molar-refractivity contribution in [2.45, 2.75) is 58.4 Å². The highest BCUT2D eigenvalue weighted by Gasteiger charge is 2.54. The van der Waals surface area contributed by atoms with E-state index < -0.39 is 13.5 Å². The van der Waals surface area contributed by atoms with E-state index in [1.165, 1.54) is 6.42 Å². The second-order valence-electron chi connectivity index (χ2n) is 5.97. The van der Waals surface area contributed by atoms with Crippen LogP contribution in [0.1, 0.15) is 40.5 Å². The minimum atomic E-state index is -2.05. The Balaban J connectivity index is 2.98. The van der Waals surface area contributed by atoms with E-state index in [4.69, 9.17) is 9.16 Å². The van der Waals surface area contributed by atoms with E-state index in [-0.39, 0.29) is 11.9 Å². The second-order valence-corrected chi connectivity index (χ2v) is 10.2. The molecule has 0 aromatic rings. The van der Waals surface area contributed by atoms with Crippen molar-refractivity contribution in [1.82, 2.24) is 0 Å². The molecule has 2 unspecified atom stereocenters. The van der Waals surface area contributed by atoms with Gasteiger partial charge in [0.2, 0.25) is 8.32 Å². The first kappa shape index (κ1) is 15.4. The summed E-state index contributed by atoms with van der Waals surface area (Å²) in [6.45, 7) is 14.6. The van der Waals surface area contributed by atoms with Gasteiger partial charge in [0.25, 0.3) is 0 Å². The van der Waals surface area contributed by atoms with Crippen molar-refractivity contribution in [2.75, 3.05) is 6.61 Å². The Bertz CT molecular complexity index is 332. The van der Waals surface area contributed by atoms with Crippen LogP contribution in [0.25, 0.3) is 0 Å². The van der Waals surface area contributed by atoms with Crippen molar-refractivity contribution < 1.29 is 14.0 Å². The van der Waals surface area contributed by atoms with Gasteiger partial charge in [0, 0.05) is 12.2 Å². The van der Waals surface area contributed by atoms with Crippen LogP contribution >= 0.6 is 0 Å². The van der Waals surface area contributed by atoms with Gasteiger partial charge in [-0.25, -0.2) is 4.79 Å². The summed E-state index contributed by atoms with van der Waals surface area (Å²) in [6, 6.07) is 1.06. The van der Waals surface area contributed by atoms with Crippen LogP contribution in [-0.2, 0) is 14.0 Å². The molecule has 18 heavy (non-hydrogen) atoms. The van der Waals surface area contributed by atoms with E-state index >= 15 is 0 Å². The van der Waals surface area contributed by atoms with E-state index in [1.807, 2.05) is 6.92 Å². The van der Waals surface area contributed by atoms with Gasteiger partial charge in [-0.3, -0.25) is 0 Å². The van der Waals surface area contributed by atoms with E-state index in [2.05, 4.69) is 27.0 Å². The highest BCUT2D eigenvalue weighted by Crippen LogP contribution is 2.39. The first-order valence-electron chi connectivity index (χ1n) is 6.76. The maximum Gasteiger partial charge on any atom is 0.333 e. The van der Waals surface area contributed by atoms with Crippen molar-refractivity contribution >= 4 is 14.3 Å². The Hall–Kier alpha value is -0.613. The summed E-state index contributed by atoms with van der Waals surface area (Å²) in [5.41, 5.74) is 0.454. The molecule has 1 aliphatic rings. The van der Waals surface area contributed by atoms with Gasteiger partial charge in [0.15, 0.2) is 0 Å². The summed E-state index contributed by atoms with van der Waals surface area (Å²) in [4.78, 5) is 11.9. The van der Waals surface area contributed by atoms with Gasteiger partial charge in [0.05, 0.1) is 0 Å². The second kappa shape index (κ2) is 5.57. The van der Waals surface area contributed by atoms with Gasteiger partial charge >= 0.3 is 5.97 Å². The number of rotatable bonds is 4. The van der Waals surface area contributed by atoms with E-state index in [9.17, 15) is 4.79 Å². The first-order chi connectivity index (χ1) is 8.23. The Kier molecular flexibility index (Phi) is 4.78. The molecule has 0 spiro atoms. The molecule has 0 aliphatic carbocycles. The van der Waals surface area contributed by atoms with Gasteiger partial charge in [-0.05, 0) is 38.8 Å². The Labute approximate surface area is 112 Å². The predicted molar refractivity (Wildman–Crippen MR) is 75.8 cm³/mol. The molecule has 1 heterocycles. The van der Waals surface area contributed by atoms with Crippen LogP contribution in [0.15, 0.2) is 12.2 Å². The van der Waals surface area contributed by atoms with Crippen LogP contribution in [0.2, 0.25) is 12.6 Å². The third-order valence-corrected chi connectivity index (χ3v) is 9.20. The van der Waals surface area contributed by atoms with Crippen molar-refractivity contribution in [3.8, 4) is 0 Å². The molecular weight excluding hydrogens is 244 g/mol. The zero-order valence-electron chi connectivity index (χ0n) is 12.3. The zero-order valence-corrected chi connectivity index (χ0v) is 13.3. The Morgan fingerprint density at radius 3 is 2.44 bits per heavy atom. The van der Waals surface area contributed by atoms with Crippen molar-refractivity contribution in [2.24, 2.45) is 5.92 Å². The number of esters is 1. The van der Waals surface area contributed by atoms with Crippen LogP contribution in [-0.4, -0.2) is 26.1 Å². The molecule has 104 valence electrons. The molecule has 1 fully saturated rings. The van der Waals surface area contributed by atoms with Crippen molar-refractivity contribution in [3.05, 3.63) is 12.2 Å². The summed E-state index contributed by atoms with van der Waals surface area (Å²) in [6.07, 6.45) is 2.29. The summed E-state index contributed by atoms with van der Waals surface area (Å²) < 4.78 is 11.9. The fraction of sp³-hybridized carbons (Fsp3) is 0.786. The molecule has 1 aliphatic heterocycles. The number of hydrogen-bond acceptors (Lipinski definition) is 3. The normalized spacial score (nSPS) is 27.7. The fourth-order valence-electron chi connectivity index (χ4n) is 2.44. The summed E-state index contributed by atoms with van der Waals surface area (Å²) in [7, 11) is -2.05. The smallest absolute Gasteiger partial charge is 0.333 e. The molecule has 3 nitrogen and oxygen atoms in total. The monoisotopic (exact) mass is 270 g/mol. The molecular formula is C14H26O3Si. The number of ether oxygens (including phenoxy) is 1. The predicted octanol–water partition coefficient (Wildman–Crippen LogP) is 3.45. The quantitative estimate of drug-likeness (QED) is 0.446. The van der Waals surface area contributed by atoms with Crippen molar-refractivity contribution in [1.29, 1.82) is 0 Å². The van der Waals surface area contributed by atoms with Crippen LogP contribution in [0.3, 0.4) is 0 Å². The van der Waals surface area contributed by atoms with Gasteiger partial charge in [-0.15, -0.1) is 0 Å². The SMILES string of the molecule is C=C(C)C(=O)OC(C)(C(C)C)[Si]1(C)CCCCO1. The van der Waals surface area contributed by atoms with E-state index in [0.717, 1.165) is 19.1 Å². The molecule has 0 amide bonds. The molecule has 4 heteroatoms. The molecule has 0 N–H and O–H groups in total. The summed E-state index contributed by atoms with van der Waals surface area (Å²) in [5.74, 6) is -0.0512. The zero-order chi connectivity index (χ0) is 14.0. The topological polar surface area (TPSA) is 35.5 Å². The largest absolute Gasteiger partial charge is 0.457 e. The lowest BCUT2D eigenvalue weighted by molar-refractivity contribution is -0.151. The highest BCUT2D eigenvalue weighted by molar-refractivity contribution is 6.75. The Morgan fingerprint density at radius 1 is 1.44 bits per heavy atom. The molecule has 1 rings (SSSR count). The third kappa shape index (κ3) is 2.86. The Morgan fingerprint density at radius 2 is 2.06 bits per heavy atom. The maximum atomic E-state index is 11.9. The van der Waals surface area contributed by atoms with Gasteiger partial charge in [0.1, 0.15) is 5.22 Å². The van der Waals surface area contributed by atoms with Crippen LogP contribution in [0.5, 0.6) is 0 Å². The number of carbonyl (C=O) groups excluding carboxylic acids is 1. The lowest BCUT2D eigenvalue weighted by atomic mass is 10.1. The molecule has 0 aromatic heterocycles. The number of hydrogen-bond donors (Lipinski definition) is 0. The van der Waals surface area contributed by atoms with Crippen LogP contribution < -0.4 is 0 Å². The fourth-order valence-corrected chi connectivity index (χ4v) is 6.42. The van der Waals surface area contributed by atoms with Gasteiger partial charge in [-0.1, -0.05) is 26.8 Å². The standard InChI is InChI=1S/C14H26O3Si/c1-11(2)13(15)17-14(5,12(3)4)18(6)10-8-7-9-16-18/h12H,1,7-10H2,2-6H3. The van der Waals surface area contributed by atoms with Gasteiger partial charge in [-0.2, -0.15) is 0 Å². The van der Waals surface area contributed by atoms with Gasteiger partial charge < -0.3 is 9.16 Å². The molecule has 0 bridgehead atoms. The highest BCUT2D eigenvalue weighted by atomic mass is 28.4. The minimum absolute atomic E-state index is 0.246. The van der Waals surface area contributed by atoms with E-state index in [0.29, 0.717) is 5.57 Å². The van der Waals surface area contributed by atoms with Crippen molar-refractivity contribution in [3.63, 3.8) is 0 Å². The molecule has 0 saturated carbocycles.